The smallest absolute Gasteiger partial charge is 0.303 e. The van der Waals surface area contributed by atoms with Crippen molar-refractivity contribution in [3.63, 3.8) is 0 Å². The summed E-state index contributed by atoms with van der Waals surface area (Å²) < 4.78 is 0. The van der Waals surface area contributed by atoms with E-state index in [1.165, 1.54) is 5.56 Å². The quantitative estimate of drug-likeness (QED) is 0.271. The number of aliphatic carboxylic acids is 1. The molecule has 190 valence electrons. The average molecular weight is 525 g/mol. The summed E-state index contributed by atoms with van der Waals surface area (Å²) in [5.41, 5.74) is 3.96. The molecule has 0 aliphatic heterocycles. The van der Waals surface area contributed by atoms with E-state index >= 15 is 0 Å². The van der Waals surface area contributed by atoms with Crippen LogP contribution >= 0.6 is 23.4 Å². The molecule has 0 saturated carbocycles. The van der Waals surface area contributed by atoms with Crippen molar-refractivity contribution in [2.24, 2.45) is 5.92 Å². The van der Waals surface area contributed by atoms with Crippen molar-refractivity contribution in [3.8, 4) is 0 Å². The van der Waals surface area contributed by atoms with Crippen molar-refractivity contribution in [1.29, 1.82) is 0 Å². The molecule has 2 aromatic carbocycles. The van der Waals surface area contributed by atoms with Crippen molar-refractivity contribution in [1.82, 2.24) is 9.88 Å². The van der Waals surface area contributed by atoms with Gasteiger partial charge in [0.25, 0.3) is 0 Å². The number of aromatic nitrogens is 1. The Balaban J connectivity index is 1.75. The van der Waals surface area contributed by atoms with Crippen molar-refractivity contribution in [3.05, 3.63) is 76.4 Å². The van der Waals surface area contributed by atoms with Gasteiger partial charge in [-0.1, -0.05) is 61.0 Å². The normalized spacial score (nSPS) is 13.1. The third kappa shape index (κ3) is 8.68. The van der Waals surface area contributed by atoms with Crippen LogP contribution in [-0.4, -0.2) is 46.7 Å². The van der Waals surface area contributed by atoms with Gasteiger partial charge in [0.15, 0.2) is 0 Å². The van der Waals surface area contributed by atoms with Gasteiger partial charge in [-0.3, -0.25) is 9.59 Å². The van der Waals surface area contributed by atoms with Crippen LogP contribution < -0.4 is 0 Å². The van der Waals surface area contributed by atoms with Crippen LogP contribution in [0.1, 0.15) is 54.7 Å². The van der Waals surface area contributed by atoms with E-state index in [-0.39, 0.29) is 23.5 Å². The zero-order valence-corrected chi connectivity index (χ0v) is 22.6. The molecule has 5 nitrogen and oxygen atoms in total. The lowest BCUT2D eigenvalue weighted by Gasteiger charge is -2.20. The number of nitrogens with zero attached hydrogens (tertiary/aromatic N) is 2. The first kappa shape index (κ1) is 27.8. The fourth-order valence-corrected chi connectivity index (χ4v) is 5.32. The Hall–Kier alpha value is -2.83. The van der Waals surface area contributed by atoms with Crippen molar-refractivity contribution >= 4 is 58.3 Å². The zero-order chi connectivity index (χ0) is 26.1. The van der Waals surface area contributed by atoms with Gasteiger partial charge >= 0.3 is 5.97 Å². The summed E-state index contributed by atoms with van der Waals surface area (Å²) in [5, 5.41) is 11.0. The molecule has 1 N–H and O–H groups in total. The lowest BCUT2D eigenvalue weighted by molar-refractivity contribution is -0.138. The molecule has 2 unspecified atom stereocenters. The number of hydrogen-bond acceptors (Lipinski definition) is 4. The number of halogens is 1. The number of carbonyl (C=O) groups excluding carboxylic acids is 1. The third-order valence-corrected chi connectivity index (χ3v) is 7.57. The monoisotopic (exact) mass is 524 g/mol. The number of carbonyl (C=O) groups is 2. The maximum atomic E-state index is 12.0. The van der Waals surface area contributed by atoms with Gasteiger partial charge in [0.05, 0.1) is 11.2 Å². The highest BCUT2D eigenvalue weighted by atomic mass is 35.5. The molecule has 1 heterocycles. The highest BCUT2D eigenvalue weighted by Crippen LogP contribution is 2.36. The van der Waals surface area contributed by atoms with Gasteiger partial charge in [-0.15, -0.1) is 0 Å². The van der Waals surface area contributed by atoms with Crippen LogP contribution in [0.15, 0.2) is 54.6 Å². The molecule has 0 fully saturated rings. The number of thioether (sulfide) groups is 1. The molecular weight excluding hydrogens is 492 g/mol. The van der Waals surface area contributed by atoms with Gasteiger partial charge in [0.2, 0.25) is 5.91 Å². The van der Waals surface area contributed by atoms with E-state index in [2.05, 4.69) is 18.2 Å². The van der Waals surface area contributed by atoms with Gasteiger partial charge in [0, 0.05) is 48.3 Å². The summed E-state index contributed by atoms with van der Waals surface area (Å²) in [6.45, 7) is 1.98. The molecule has 3 rings (SSSR count). The molecular formula is C29H33ClN2O3S. The minimum atomic E-state index is -0.764. The highest BCUT2D eigenvalue weighted by Gasteiger charge is 2.17. The van der Waals surface area contributed by atoms with Crippen molar-refractivity contribution in [2.75, 3.05) is 19.8 Å². The standard InChI is InChI=1S/C29H33ClN2O3S/c1-20(17-29(34)35)7-14-27(36-16-15-28(33)32(2)3)23-6-4-5-21(18-23)8-12-25-13-10-22-9-11-24(30)19-26(22)31-25/h4-6,8-13,18-20,27H,7,14-17H2,1-3H3,(H,34,35). The lowest BCUT2D eigenvalue weighted by atomic mass is 9.97. The largest absolute Gasteiger partial charge is 0.481 e. The molecule has 0 radical (unpaired) electrons. The second-order valence-electron chi connectivity index (χ2n) is 9.25. The minimum absolute atomic E-state index is 0.101. The molecule has 0 aliphatic rings. The van der Waals surface area contributed by atoms with E-state index in [0.29, 0.717) is 11.4 Å². The van der Waals surface area contributed by atoms with Crippen molar-refractivity contribution in [2.45, 2.75) is 37.9 Å². The van der Waals surface area contributed by atoms with E-state index in [9.17, 15) is 9.59 Å². The number of benzene rings is 2. The lowest BCUT2D eigenvalue weighted by Crippen LogP contribution is -2.22. The SMILES string of the molecule is CC(CCC(SCCC(=O)N(C)C)c1cccc(C=Cc2ccc3ccc(Cl)cc3n2)c1)CC(=O)O. The van der Waals surface area contributed by atoms with Crippen LogP contribution in [0.5, 0.6) is 0 Å². The van der Waals surface area contributed by atoms with Gasteiger partial charge < -0.3 is 10.0 Å². The summed E-state index contributed by atoms with van der Waals surface area (Å²) in [6.07, 6.45) is 6.36. The predicted molar refractivity (Wildman–Crippen MR) is 151 cm³/mol. The van der Waals surface area contributed by atoms with Crippen LogP contribution in [0.3, 0.4) is 0 Å². The molecule has 3 aromatic rings. The van der Waals surface area contributed by atoms with Gasteiger partial charge in [-0.05, 0) is 54.2 Å². The van der Waals surface area contributed by atoms with Crippen LogP contribution in [0.25, 0.3) is 23.1 Å². The highest BCUT2D eigenvalue weighted by molar-refractivity contribution is 7.99. The molecule has 1 aromatic heterocycles. The summed E-state index contributed by atoms with van der Waals surface area (Å²) in [5.74, 6) is 0.171. The second kappa shape index (κ2) is 13.5. The Kier molecular flexibility index (Phi) is 10.4. The van der Waals surface area contributed by atoms with Gasteiger partial charge in [-0.25, -0.2) is 4.98 Å². The van der Waals surface area contributed by atoms with Crippen LogP contribution in [0, 0.1) is 5.92 Å². The van der Waals surface area contributed by atoms with Crippen molar-refractivity contribution < 1.29 is 14.7 Å². The van der Waals surface area contributed by atoms with E-state index in [1.807, 2.05) is 55.5 Å². The van der Waals surface area contributed by atoms with Gasteiger partial charge in [0.1, 0.15) is 0 Å². The van der Waals surface area contributed by atoms with E-state index in [0.717, 1.165) is 40.8 Å². The predicted octanol–water partition coefficient (Wildman–Crippen LogP) is 7.20. The Morgan fingerprint density at radius 2 is 1.86 bits per heavy atom. The summed E-state index contributed by atoms with van der Waals surface area (Å²) >= 11 is 7.88. The molecule has 0 saturated heterocycles. The fraction of sp³-hybridized carbons (Fsp3) is 0.345. The average Bonchev–Trinajstić information content (AvgIpc) is 2.84. The van der Waals surface area contributed by atoms with E-state index in [1.54, 1.807) is 30.8 Å². The molecule has 2 atom stereocenters. The number of amides is 1. The number of rotatable bonds is 12. The molecule has 36 heavy (non-hydrogen) atoms. The maximum absolute atomic E-state index is 12.0. The first-order chi connectivity index (χ1) is 17.2. The summed E-state index contributed by atoms with van der Waals surface area (Å²) in [6, 6.07) is 18.1. The Labute approximate surface area is 222 Å². The third-order valence-electron chi connectivity index (χ3n) is 5.98. The van der Waals surface area contributed by atoms with Crippen LogP contribution in [0.4, 0.5) is 0 Å². The number of carboxylic acid groups (broad SMARTS) is 1. The first-order valence-electron chi connectivity index (χ1n) is 12.1. The molecule has 0 bridgehead atoms. The first-order valence-corrected chi connectivity index (χ1v) is 13.5. The van der Waals surface area contributed by atoms with Gasteiger partial charge in [-0.2, -0.15) is 11.8 Å². The topological polar surface area (TPSA) is 70.5 Å². The Morgan fingerprint density at radius 1 is 1.08 bits per heavy atom. The number of hydrogen-bond donors (Lipinski definition) is 1. The Morgan fingerprint density at radius 3 is 2.61 bits per heavy atom. The molecule has 7 heteroatoms. The van der Waals surface area contributed by atoms with E-state index in [4.69, 9.17) is 21.7 Å². The molecule has 1 amide bonds. The second-order valence-corrected chi connectivity index (χ2v) is 11.0. The summed E-state index contributed by atoms with van der Waals surface area (Å²) in [7, 11) is 3.54. The molecule has 0 spiro atoms. The van der Waals surface area contributed by atoms with E-state index < -0.39 is 5.97 Å². The number of pyridine rings is 1. The minimum Gasteiger partial charge on any atom is -0.481 e. The zero-order valence-electron chi connectivity index (χ0n) is 21.0. The number of carboxylic acids is 1. The molecule has 0 aliphatic carbocycles. The summed E-state index contributed by atoms with van der Waals surface area (Å²) in [4.78, 5) is 29.4. The van der Waals surface area contributed by atoms with Crippen LogP contribution in [-0.2, 0) is 9.59 Å². The Bertz CT molecular complexity index is 1230. The maximum Gasteiger partial charge on any atom is 0.303 e. The van der Waals surface area contributed by atoms with Crippen LogP contribution in [0.2, 0.25) is 5.02 Å². The fourth-order valence-electron chi connectivity index (χ4n) is 3.94. The number of fused-ring (bicyclic) bond motifs is 1.